The maximum atomic E-state index is 11.7. The summed E-state index contributed by atoms with van der Waals surface area (Å²) < 4.78 is 48.3. The molecule has 0 atom stereocenters. The Morgan fingerprint density at radius 1 is 1.30 bits per heavy atom. The van der Waals surface area contributed by atoms with Crippen molar-refractivity contribution in [3.63, 3.8) is 0 Å². The molecule has 0 radical (unpaired) electrons. The fraction of sp³-hybridized carbons (Fsp3) is 0.250. The van der Waals surface area contributed by atoms with E-state index in [1.807, 2.05) is 0 Å². The number of aryl methyl sites for hydroxylation is 1. The maximum absolute atomic E-state index is 11.7. The summed E-state index contributed by atoms with van der Waals surface area (Å²) in [5.74, 6) is -0.520. The molecule has 0 aliphatic carbocycles. The van der Waals surface area contributed by atoms with Gasteiger partial charge in [0.2, 0.25) is 0 Å². The Hall–Kier alpha value is -2.06. The number of rotatable bonds is 3. The number of ether oxygens (including phenoxy) is 2. The molecular weight excluding hydrogens is 288 g/mol. The molecule has 1 heterocycles. The van der Waals surface area contributed by atoms with Crippen LogP contribution in [0.1, 0.15) is 16.1 Å². The first-order valence-corrected chi connectivity index (χ1v) is 6.85. The van der Waals surface area contributed by atoms with Gasteiger partial charge in [0.25, 0.3) is 0 Å². The molecule has 0 aliphatic rings. The van der Waals surface area contributed by atoms with Gasteiger partial charge in [-0.3, -0.25) is 0 Å². The summed E-state index contributed by atoms with van der Waals surface area (Å²) >= 11 is 0. The smallest absolute Gasteiger partial charge is 0.342 e. The fourth-order valence-corrected chi connectivity index (χ4v) is 2.58. The highest BCUT2D eigenvalue weighted by molar-refractivity contribution is 7.85. The van der Waals surface area contributed by atoms with E-state index in [0.29, 0.717) is 5.39 Å². The van der Waals surface area contributed by atoms with Gasteiger partial charge in [0, 0.05) is 11.5 Å². The number of hydrogen-bond donors (Lipinski definition) is 0. The molecule has 0 amide bonds. The van der Waals surface area contributed by atoms with Crippen LogP contribution < -0.4 is 4.74 Å². The van der Waals surface area contributed by atoms with Crippen LogP contribution in [0.5, 0.6) is 5.75 Å². The minimum atomic E-state index is -4.72. The van der Waals surface area contributed by atoms with Gasteiger partial charge in [-0.25, -0.2) is 13.2 Å². The second-order valence-electron chi connectivity index (χ2n) is 3.98. The molecular formula is C12H11O7S-. The second-order valence-corrected chi connectivity index (χ2v) is 5.33. The van der Waals surface area contributed by atoms with Gasteiger partial charge in [-0.1, -0.05) is 0 Å². The number of carbonyl (C=O) groups is 1. The van der Waals surface area contributed by atoms with E-state index in [-0.39, 0.29) is 22.7 Å². The van der Waals surface area contributed by atoms with Gasteiger partial charge in [-0.05, 0) is 13.0 Å². The summed E-state index contributed by atoms with van der Waals surface area (Å²) in [7, 11) is -2.28. The van der Waals surface area contributed by atoms with E-state index in [4.69, 9.17) is 9.15 Å². The first-order chi connectivity index (χ1) is 9.29. The molecule has 0 saturated carbocycles. The molecule has 0 bridgehead atoms. The first kappa shape index (κ1) is 14.4. The topological polar surface area (TPSA) is 106 Å². The second kappa shape index (κ2) is 4.80. The predicted molar refractivity (Wildman–Crippen MR) is 66.8 cm³/mol. The summed E-state index contributed by atoms with van der Waals surface area (Å²) in [5.41, 5.74) is 0.258. The van der Waals surface area contributed by atoms with Crippen molar-refractivity contribution in [2.75, 3.05) is 14.2 Å². The van der Waals surface area contributed by atoms with Crippen LogP contribution in [0.2, 0.25) is 0 Å². The number of benzene rings is 1. The SMILES string of the molecule is COC(=O)c1c(C)oc2cc(S(=O)(=O)[O-])c(OC)cc12. The van der Waals surface area contributed by atoms with E-state index in [1.165, 1.54) is 27.2 Å². The van der Waals surface area contributed by atoms with Crippen LogP contribution in [0.25, 0.3) is 11.0 Å². The normalized spacial score (nSPS) is 11.6. The van der Waals surface area contributed by atoms with Crippen molar-refractivity contribution in [2.45, 2.75) is 11.8 Å². The van der Waals surface area contributed by atoms with Gasteiger partial charge in [0.15, 0.2) is 0 Å². The van der Waals surface area contributed by atoms with Crippen LogP contribution in [0.4, 0.5) is 0 Å². The summed E-state index contributed by atoms with van der Waals surface area (Å²) in [5, 5.41) is 0.318. The van der Waals surface area contributed by atoms with Gasteiger partial charge in [-0.15, -0.1) is 0 Å². The number of furan rings is 1. The van der Waals surface area contributed by atoms with Crippen LogP contribution in [-0.2, 0) is 14.9 Å². The van der Waals surface area contributed by atoms with Crippen molar-refractivity contribution in [3.8, 4) is 5.75 Å². The highest BCUT2D eigenvalue weighted by Gasteiger charge is 2.22. The minimum Gasteiger partial charge on any atom is -0.744 e. The number of carbonyl (C=O) groups excluding carboxylic acids is 1. The van der Waals surface area contributed by atoms with E-state index in [9.17, 15) is 17.8 Å². The molecule has 7 nitrogen and oxygen atoms in total. The van der Waals surface area contributed by atoms with Crippen LogP contribution in [0.3, 0.4) is 0 Å². The lowest BCUT2D eigenvalue weighted by Gasteiger charge is -2.11. The molecule has 0 spiro atoms. The zero-order valence-corrected chi connectivity index (χ0v) is 11.7. The summed E-state index contributed by atoms with van der Waals surface area (Å²) in [6.07, 6.45) is 0. The zero-order chi connectivity index (χ0) is 15.1. The fourth-order valence-electron chi connectivity index (χ4n) is 1.94. The summed E-state index contributed by atoms with van der Waals surface area (Å²) in [6, 6.07) is 2.30. The third-order valence-corrected chi connectivity index (χ3v) is 3.67. The van der Waals surface area contributed by atoms with Crippen molar-refractivity contribution >= 4 is 27.1 Å². The number of methoxy groups -OCH3 is 2. The van der Waals surface area contributed by atoms with E-state index in [1.54, 1.807) is 0 Å². The summed E-state index contributed by atoms with van der Waals surface area (Å²) in [4.78, 5) is 11.1. The van der Waals surface area contributed by atoms with Crippen LogP contribution in [-0.4, -0.2) is 33.2 Å². The average Bonchev–Trinajstić information content (AvgIpc) is 2.70. The molecule has 2 aromatic rings. The van der Waals surface area contributed by atoms with Crippen molar-refractivity contribution < 1.29 is 31.7 Å². The minimum absolute atomic E-state index is 0.0955. The molecule has 1 aromatic heterocycles. The highest BCUT2D eigenvalue weighted by Crippen LogP contribution is 2.34. The molecule has 8 heteroatoms. The van der Waals surface area contributed by atoms with Gasteiger partial charge >= 0.3 is 5.97 Å². The third-order valence-electron chi connectivity index (χ3n) is 2.81. The Morgan fingerprint density at radius 3 is 2.45 bits per heavy atom. The molecule has 20 heavy (non-hydrogen) atoms. The number of hydrogen-bond acceptors (Lipinski definition) is 7. The Balaban J connectivity index is 2.85. The Labute approximate surface area is 114 Å². The highest BCUT2D eigenvalue weighted by atomic mass is 32.2. The molecule has 2 rings (SSSR count). The lowest BCUT2D eigenvalue weighted by Crippen LogP contribution is -2.03. The standard InChI is InChI=1S/C12H12O7S/c1-6-11(12(13)18-3)7-4-9(17-2)10(20(14,15)16)5-8(7)19-6/h4-5H,1-3H3,(H,14,15,16)/p-1. The van der Waals surface area contributed by atoms with Gasteiger partial charge in [0.1, 0.15) is 37.7 Å². The Morgan fingerprint density at radius 2 is 1.95 bits per heavy atom. The monoisotopic (exact) mass is 299 g/mol. The molecule has 0 aliphatic heterocycles. The largest absolute Gasteiger partial charge is 0.744 e. The van der Waals surface area contributed by atoms with E-state index >= 15 is 0 Å². The maximum Gasteiger partial charge on any atom is 0.342 e. The quantitative estimate of drug-likeness (QED) is 0.623. The molecule has 0 unspecified atom stereocenters. The molecule has 0 fully saturated rings. The molecule has 108 valence electrons. The zero-order valence-electron chi connectivity index (χ0n) is 10.9. The van der Waals surface area contributed by atoms with E-state index in [0.717, 1.165) is 6.07 Å². The third kappa shape index (κ3) is 2.23. The Kier molecular flexibility index (Phi) is 3.45. The lowest BCUT2D eigenvalue weighted by molar-refractivity contribution is 0.0600. The van der Waals surface area contributed by atoms with Crippen molar-refractivity contribution in [2.24, 2.45) is 0 Å². The van der Waals surface area contributed by atoms with Crippen LogP contribution >= 0.6 is 0 Å². The van der Waals surface area contributed by atoms with Crippen molar-refractivity contribution in [1.29, 1.82) is 0 Å². The van der Waals surface area contributed by atoms with Crippen LogP contribution in [0, 0.1) is 6.92 Å². The Bertz CT molecular complexity index is 786. The predicted octanol–water partition coefficient (Wildman–Crippen LogP) is 1.44. The molecule has 0 N–H and O–H groups in total. The lowest BCUT2D eigenvalue weighted by atomic mass is 10.1. The molecule has 0 saturated heterocycles. The van der Waals surface area contributed by atoms with Crippen molar-refractivity contribution in [3.05, 3.63) is 23.5 Å². The molecule has 1 aromatic carbocycles. The van der Waals surface area contributed by atoms with E-state index in [2.05, 4.69) is 4.74 Å². The average molecular weight is 299 g/mol. The summed E-state index contributed by atoms with van der Waals surface area (Å²) in [6.45, 7) is 1.53. The van der Waals surface area contributed by atoms with Gasteiger partial charge in [0.05, 0.1) is 14.2 Å². The first-order valence-electron chi connectivity index (χ1n) is 5.45. The van der Waals surface area contributed by atoms with Crippen LogP contribution in [0.15, 0.2) is 21.4 Å². The van der Waals surface area contributed by atoms with Gasteiger partial charge < -0.3 is 18.4 Å². The van der Waals surface area contributed by atoms with Crippen molar-refractivity contribution in [1.82, 2.24) is 0 Å². The number of fused-ring (bicyclic) bond motifs is 1. The van der Waals surface area contributed by atoms with Gasteiger partial charge in [-0.2, -0.15) is 0 Å². The van der Waals surface area contributed by atoms with E-state index < -0.39 is 21.0 Å². The number of esters is 1.